The minimum Gasteiger partial charge on any atom is -0.302 e. The molecule has 0 saturated carbocycles. The van der Waals surface area contributed by atoms with Crippen molar-refractivity contribution in [3.05, 3.63) is 34.4 Å². The summed E-state index contributed by atoms with van der Waals surface area (Å²) in [5.41, 5.74) is 5.71. The van der Waals surface area contributed by atoms with E-state index in [1.807, 2.05) is 0 Å². The largest absolute Gasteiger partial charge is 0.302 e. The Bertz CT molecular complexity index is 431. The highest BCUT2D eigenvalue weighted by Gasteiger charge is 2.15. The van der Waals surface area contributed by atoms with Gasteiger partial charge in [0, 0.05) is 25.9 Å². The Balaban J connectivity index is 1.84. The van der Waals surface area contributed by atoms with Gasteiger partial charge in [0.1, 0.15) is 5.78 Å². The van der Waals surface area contributed by atoms with Gasteiger partial charge in [0.2, 0.25) is 0 Å². The summed E-state index contributed by atoms with van der Waals surface area (Å²) >= 11 is 0. The lowest BCUT2D eigenvalue weighted by Crippen LogP contribution is -2.34. The molecule has 2 rings (SSSR count). The van der Waals surface area contributed by atoms with Crippen molar-refractivity contribution in [2.75, 3.05) is 19.6 Å². The van der Waals surface area contributed by atoms with E-state index in [-0.39, 0.29) is 0 Å². The molecule has 0 radical (unpaired) electrons. The standard InChI is InChI=1S/C17H25NO/c1-13-11-14(2)17(15(3)12-13)5-4-8-18-9-6-16(19)7-10-18/h11-12H,4-10H2,1-3H3. The number of hydrogen-bond acceptors (Lipinski definition) is 2. The van der Waals surface area contributed by atoms with Crippen molar-refractivity contribution in [3.8, 4) is 0 Å². The van der Waals surface area contributed by atoms with E-state index in [0.29, 0.717) is 5.78 Å². The van der Waals surface area contributed by atoms with Gasteiger partial charge >= 0.3 is 0 Å². The van der Waals surface area contributed by atoms with Crippen LogP contribution in [-0.4, -0.2) is 30.3 Å². The van der Waals surface area contributed by atoms with E-state index in [4.69, 9.17) is 0 Å². The van der Waals surface area contributed by atoms with E-state index < -0.39 is 0 Å². The highest BCUT2D eigenvalue weighted by atomic mass is 16.1. The molecule has 2 nitrogen and oxygen atoms in total. The number of carbonyl (C=O) groups excluding carboxylic acids is 1. The van der Waals surface area contributed by atoms with Crippen LogP contribution in [0.4, 0.5) is 0 Å². The van der Waals surface area contributed by atoms with Crippen LogP contribution in [0.25, 0.3) is 0 Å². The molecule has 1 saturated heterocycles. The van der Waals surface area contributed by atoms with Crippen molar-refractivity contribution in [2.45, 2.75) is 46.5 Å². The fourth-order valence-electron chi connectivity index (χ4n) is 3.11. The first-order valence-electron chi connectivity index (χ1n) is 7.37. The maximum Gasteiger partial charge on any atom is 0.135 e. The Hall–Kier alpha value is -1.15. The highest BCUT2D eigenvalue weighted by Crippen LogP contribution is 2.18. The third kappa shape index (κ3) is 3.90. The lowest BCUT2D eigenvalue weighted by molar-refractivity contribution is -0.121. The Morgan fingerprint density at radius 1 is 1.05 bits per heavy atom. The first kappa shape index (κ1) is 14.3. The van der Waals surface area contributed by atoms with Gasteiger partial charge in [-0.15, -0.1) is 0 Å². The molecule has 0 bridgehead atoms. The zero-order valence-electron chi connectivity index (χ0n) is 12.5. The maximum atomic E-state index is 11.2. The second-order valence-corrected chi connectivity index (χ2v) is 5.86. The predicted molar refractivity (Wildman–Crippen MR) is 79.7 cm³/mol. The summed E-state index contributed by atoms with van der Waals surface area (Å²) in [7, 11) is 0. The van der Waals surface area contributed by atoms with E-state index >= 15 is 0 Å². The van der Waals surface area contributed by atoms with Gasteiger partial charge in [0.25, 0.3) is 0 Å². The molecule has 19 heavy (non-hydrogen) atoms. The van der Waals surface area contributed by atoms with Crippen LogP contribution in [0.3, 0.4) is 0 Å². The molecule has 1 aromatic carbocycles. The first-order chi connectivity index (χ1) is 9.06. The summed E-state index contributed by atoms with van der Waals surface area (Å²) in [6.07, 6.45) is 3.85. The van der Waals surface area contributed by atoms with Crippen molar-refractivity contribution in [1.29, 1.82) is 0 Å². The molecule has 0 aliphatic carbocycles. The normalized spacial score (nSPS) is 16.9. The first-order valence-corrected chi connectivity index (χ1v) is 7.37. The summed E-state index contributed by atoms with van der Waals surface area (Å²) in [6.45, 7) is 9.65. The molecule has 0 N–H and O–H groups in total. The molecule has 0 amide bonds. The Labute approximate surface area is 116 Å². The molecule has 0 spiro atoms. The average molecular weight is 259 g/mol. The highest BCUT2D eigenvalue weighted by molar-refractivity contribution is 5.79. The van der Waals surface area contributed by atoms with Crippen molar-refractivity contribution < 1.29 is 4.79 Å². The topological polar surface area (TPSA) is 20.3 Å². The van der Waals surface area contributed by atoms with Crippen LogP contribution < -0.4 is 0 Å². The smallest absolute Gasteiger partial charge is 0.135 e. The fraction of sp³-hybridized carbons (Fsp3) is 0.588. The average Bonchev–Trinajstić information content (AvgIpc) is 2.34. The third-order valence-corrected chi connectivity index (χ3v) is 4.16. The summed E-state index contributed by atoms with van der Waals surface area (Å²) in [4.78, 5) is 13.6. The van der Waals surface area contributed by atoms with Crippen molar-refractivity contribution in [2.24, 2.45) is 0 Å². The zero-order chi connectivity index (χ0) is 13.8. The molecule has 2 heteroatoms. The van der Waals surface area contributed by atoms with E-state index in [1.165, 1.54) is 28.7 Å². The van der Waals surface area contributed by atoms with Gasteiger partial charge in [-0.1, -0.05) is 17.7 Å². The van der Waals surface area contributed by atoms with Gasteiger partial charge in [-0.3, -0.25) is 4.79 Å². The number of rotatable bonds is 4. The quantitative estimate of drug-likeness (QED) is 0.827. The SMILES string of the molecule is Cc1cc(C)c(CCCN2CCC(=O)CC2)c(C)c1. The summed E-state index contributed by atoms with van der Waals surface area (Å²) in [5, 5.41) is 0. The lowest BCUT2D eigenvalue weighted by Gasteiger charge is -2.25. The number of Topliss-reactive ketones (excluding diaryl/α,β-unsaturated/α-hetero) is 1. The van der Waals surface area contributed by atoms with Crippen molar-refractivity contribution >= 4 is 5.78 Å². The van der Waals surface area contributed by atoms with Crippen LogP contribution in [0.5, 0.6) is 0 Å². The van der Waals surface area contributed by atoms with E-state index in [0.717, 1.165) is 38.9 Å². The molecule has 1 aliphatic rings. The molecular weight excluding hydrogens is 234 g/mol. The number of benzene rings is 1. The van der Waals surface area contributed by atoms with Gasteiger partial charge in [-0.05, 0) is 56.8 Å². The van der Waals surface area contributed by atoms with Crippen molar-refractivity contribution in [1.82, 2.24) is 4.90 Å². The van der Waals surface area contributed by atoms with Gasteiger partial charge in [-0.2, -0.15) is 0 Å². The van der Waals surface area contributed by atoms with Crippen LogP contribution in [0, 0.1) is 20.8 Å². The molecule has 0 atom stereocenters. The third-order valence-electron chi connectivity index (χ3n) is 4.16. The minimum absolute atomic E-state index is 0.432. The second kappa shape index (κ2) is 6.33. The van der Waals surface area contributed by atoms with Crippen LogP contribution in [0.1, 0.15) is 41.5 Å². The van der Waals surface area contributed by atoms with Crippen LogP contribution in [0.2, 0.25) is 0 Å². The summed E-state index contributed by atoms with van der Waals surface area (Å²) in [6, 6.07) is 4.56. The van der Waals surface area contributed by atoms with Crippen LogP contribution in [0.15, 0.2) is 12.1 Å². The number of hydrogen-bond donors (Lipinski definition) is 0. The molecule has 104 valence electrons. The van der Waals surface area contributed by atoms with Gasteiger partial charge in [0.05, 0.1) is 0 Å². The molecule has 0 aromatic heterocycles. The Kier molecular flexibility index (Phi) is 4.76. The zero-order valence-corrected chi connectivity index (χ0v) is 12.5. The number of piperidine rings is 1. The molecule has 1 aliphatic heterocycles. The van der Waals surface area contributed by atoms with Crippen LogP contribution in [-0.2, 0) is 11.2 Å². The number of ketones is 1. The van der Waals surface area contributed by atoms with E-state index in [1.54, 1.807) is 0 Å². The van der Waals surface area contributed by atoms with Crippen molar-refractivity contribution in [3.63, 3.8) is 0 Å². The number of carbonyl (C=O) groups is 1. The fourth-order valence-corrected chi connectivity index (χ4v) is 3.11. The molecule has 1 heterocycles. The summed E-state index contributed by atoms with van der Waals surface area (Å²) < 4.78 is 0. The number of likely N-dealkylation sites (tertiary alicyclic amines) is 1. The van der Waals surface area contributed by atoms with Crippen LogP contribution >= 0.6 is 0 Å². The van der Waals surface area contributed by atoms with Gasteiger partial charge in [0.15, 0.2) is 0 Å². The predicted octanol–water partition coefficient (Wildman–Crippen LogP) is 3.21. The summed E-state index contributed by atoms with van der Waals surface area (Å²) in [5.74, 6) is 0.432. The van der Waals surface area contributed by atoms with Gasteiger partial charge < -0.3 is 4.90 Å². The van der Waals surface area contributed by atoms with E-state index in [9.17, 15) is 4.79 Å². The minimum atomic E-state index is 0.432. The van der Waals surface area contributed by atoms with E-state index in [2.05, 4.69) is 37.8 Å². The molecular formula is C17H25NO. The molecule has 0 unspecified atom stereocenters. The monoisotopic (exact) mass is 259 g/mol. The Morgan fingerprint density at radius 2 is 1.63 bits per heavy atom. The molecule has 1 fully saturated rings. The lowest BCUT2D eigenvalue weighted by atomic mass is 9.96. The molecule has 1 aromatic rings. The number of nitrogens with zero attached hydrogens (tertiary/aromatic N) is 1. The number of aryl methyl sites for hydroxylation is 3. The Morgan fingerprint density at radius 3 is 2.21 bits per heavy atom. The second-order valence-electron chi connectivity index (χ2n) is 5.86. The van der Waals surface area contributed by atoms with Gasteiger partial charge in [-0.25, -0.2) is 0 Å². The maximum absolute atomic E-state index is 11.2.